The summed E-state index contributed by atoms with van der Waals surface area (Å²) in [6, 6.07) is 11.9. The molecule has 0 aliphatic carbocycles. The van der Waals surface area contributed by atoms with Crippen LogP contribution in [-0.2, 0) is 6.18 Å². The van der Waals surface area contributed by atoms with Crippen LogP contribution < -0.4 is 10.6 Å². The van der Waals surface area contributed by atoms with E-state index >= 15 is 0 Å². The Balaban J connectivity index is 1.82. The number of nitrogens with zero attached hydrogens (tertiary/aromatic N) is 3. The van der Waals surface area contributed by atoms with E-state index in [9.17, 15) is 13.2 Å². The van der Waals surface area contributed by atoms with E-state index in [2.05, 4.69) is 25.8 Å². The summed E-state index contributed by atoms with van der Waals surface area (Å²) in [6.45, 7) is 0. The monoisotopic (exact) mass is 365 g/mol. The second kappa shape index (κ2) is 6.94. The van der Waals surface area contributed by atoms with E-state index in [1.54, 1.807) is 24.3 Å². The van der Waals surface area contributed by atoms with Gasteiger partial charge in [0, 0.05) is 10.7 Å². The molecule has 0 aliphatic heterocycles. The van der Waals surface area contributed by atoms with Crippen molar-refractivity contribution in [2.45, 2.75) is 6.18 Å². The number of alkyl halides is 3. The predicted octanol–water partition coefficient (Wildman–Crippen LogP) is 5.03. The van der Waals surface area contributed by atoms with Crippen LogP contribution in [0.3, 0.4) is 0 Å². The quantitative estimate of drug-likeness (QED) is 0.679. The number of hydrogen-bond donors (Lipinski definition) is 2. The van der Waals surface area contributed by atoms with Crippen LogP contribution in [0.2, 0.25) is 5.02 Å². The van der Waals surface area contributed by atoms with Gasteiger partial charge in [-0.1, -0.05) is 23.7 Å². The SMILES string of the molecule is FC(F)(F)c1ccccc1Nc1nncc(Nc2ccc(Cl)cc2)n1. The summed E-state index contributed by atoms with van der Waals surface area (Å²) in [5.41, 5.74) is -0.262. The highest BCUT2D eigenvalue weighted by molar-refractivity contribution is 6.30. The van der Waals surface area contributed by atoms with Gasteiger partial charge < -0.3 is 10.6 Å². The smallest absolute Gasteiger partial charge is 0.339 e. The zero-order valence-electron chi connectivity index (χ0n) is 12.5. The fourth-order valence-electron chi connectivity index (χ4n) is 2.06. The number of para-hydroxylation sites is 1. The molecule has 0 spiro atoms. The number of halogens is 4. The van der Waals surface area contributed by atoms with Crippen LogP contribution in [-0.4, -0.2) is 15.2 Å². The van der Waals surface area contributed by atoms with E-state index in [0.717, 1.165) is 6.07 Å². The Morgan fingerprint density at radius 2 is 1.64 bits per heavy atom. The Morgan fingerprint density at radius 1 is 0.920 bits per heavy atom. The summed E-state index contributed by atoms with van der Waals surface area (Å²) in [5, 5.41) is 13.6. The van der Waals surface area contributed by atoms with Gasteiger partial charge in [-0.2, -0.15) is 23.3 Å². The molecule has 3 rings (SSSR count). The van der Waals surface area contributed by atoms with Crippen molar-refractivity contribution in [3.63, 3.8) is 0 Å². The van der Waals surface area contributed by atoms with Gasteiger partial charge >= 0.3 is 6.18 Å². The van der Waals surface area contributed by atoms with Crippen LogP contribution in [0.15, 0.2) is 54.7 Å². The molecule has 0 atom stereocenters. The third kappa shape index (κ3) is 4.36. The molecular weight excluding hydrogens is 355 g/mol. The van der Waals surface area contributed by atoms with Crippen molar-refractivity contribution in [2.75, 3.05) is 10.6 Å². The van der Waals surface area contributed by atoms with Gasteiger partial charge in [-0.3, -0.25) is 0 Å². The normalized spacial score (nSPS) is 11.2. The Kier molecular flexibility index (Phi) is 4.71. The molecule has 1 aromatic heterocycles. The molecule has 0 amide bonds. The molecule has 9 heteroatoms. The second-order valence-electron chi connectivity index (χ2n) is 4.97. The highest BCUT2D eigenvalue weighted by atomic mass is 35.5. The van der Waals surface area contributed by atoms with Crippen LogP contribution in [0.1, 0.15) is 5.56 Å². The molecule has 0 bridgehead atoms. The molecular formula is C16H11ClF3N5. The highest BCUT2D eigenvalue weighted by Crippen LogP contribution is 2.35. The van der Waals surface area contributed by atoms with Gasteiger partial charge in [-0.05, 0) is 36.4 Å². The number of rotatable bonds is 4. The number of hydrogen-bond acceptors (Lipinski definition) is 5. The lowest BCUT2D eigenvalue weighted by molar-refractivity contribution is -0.136. The maximum Gasteiger partial charge on any atom is 0.418 e. The summed E-state index contributed by atoms with van der Waals surface area (Å²) in [6.07, 6.45) is -3.13. The van der Waals surface area contributed by atoms with E-state index in [4.69, 9.17) is 11.6 Å². The summed E-state index contributed by atoms with van der Waals surface area (Å²) < 4.78 is 39.1. The molecule has 0 fully saturated rings. The first-order chi connectivity index (χ1) is 11.9. The average Bonchev–Trinajstić information content (AvgIpc) is 2.57. The third-order valence-corrected chi connectivity index (χ3v) is 3.41. The van der Waals surface area contributed by atoms with Crippen molar-refractivity contribution >= 4 is 34.7 Å². The molecule has 2 aromatic carbocycles. The van der Waals surface area contributed by atoms with Crippen molar-refractivity contribution < 1.29 is 13.2 Å². The number of anilines is 4. The third-order valence-electron chi connectivity index (χ3n) is 3.15. The molecule has 2 N–H and O–H groups in total. The maximum absolute atomic E-state index is 13.0. The topological polar surface area (TPSA) is 62.7 Å². The molecule has 0 aliphatic rings. The van der Waals surface area contributed by atoms with Crippen LogP contribution in [0.4, 0.5) is 36.3 Å². The average molecular weight is 366 g/mol. The van der Waals surface area contributed by atoms with Gasteiger partial charge in [-0.15, -0.1) is 5.10 Å². The van der Waals surface area contributed by atoms with Crippen LogP contribution in [0, 0.1) is 0 Å². The summed E-state index contributed by atoms with van der Waals surface area (Å²) >= 11 is 5.81. The van der Waals surface area contributed by atoms with Crippen LogP contribution in [0.25, 0.3) is 0 Å². The lowest BCUT2D eigenvalue weighted by Gasteiger charge is -2.13. The summed E-state index contributed by atoms with van der Waals surface area (Å²) in [5.74, 6) is 0.264. The standard InChI is InChI=1S/C16H11ClF3N5/c17-10-5-7-11(8-6-10)22-14-9-21-25-15(24-14)23-13-4-2-1-3-12(13)16(18,19)20/h1-9H,(H2,22,23,24,25). The first kappa shape index (κ1) is 17.0. The molecule has 0 unspecified atom stereocenters. The molecule has 3 aromatic rings. The van der Waals surface area contributed by atoms with Crippen LogP contribution in [0.5, 0.6) is 0 Å². The van der Waals surface area contributed by atoms with Gasteiger partial charge in [0.2, 0.25) is 5.95 Å². The van der Waals surface area contributed by atoms with E-state index < -0.39 is 11.7 Å². The molecule has 0 saturated heterocycles. The molecule has 25 heavy (non-hydrogen) atoms. The molecule has 5 nitrogen and oxygen atoms in total. The molecule has 0 radical (unpaired) electrons. The largest absolute Gasteiger partial charge is 0.418 e. The Labute approximate surface area is 145 Å². The lowest BCUT2D eigenvalue weighted by Crippen LogP contribution is -2.10. The highest BCUT2D eigenvalue weighted by Gasteiger charge is 2.33. The zero-order valence-corrected chi connectivity index (χ0v) is 13.3. The number of aromatic nitrogens is 3. The minimum atomic E-state index is -4.49. The first-order valence-electron chi connectivity index (χ1n) is 7.07. The van der Waals surface area contributed by atoms with Gasteiger partial charge in [-0.25, -0.2) is 0 Å². The molecule has 0 saturated carbocycles. The fourth-order valence-corrected chi connectivity index (χ4v) is 2.18. The van der Waals surface area contributed by atoms with Crippen molar-refractivity contribution in [1.29, 1.82) is 0 Å². The van der Waals surface area contributed by atoms with E-state index in [1.165, 1.54) is 24.4 Å². The van der Waals surface area contributed by atoms with Crippen molar-refractivity contribution in [2.24, 2.45) is 0 Å². The van der Waals surface area contributed by atoms with Gasteiger partial charge in [0.05, 0.1) is 17.4 Å². The zero-order chi connectivity index (χ0) is 17.9. The summed E-state index contributed by atoms with van der Waals surface area (Å²) in [7, 11) is 0. The number of nitrogens with one attached hydrogen (secondary N) is 2. The number of benzene rings is 2. The van der Waals surface area contributed by atoms with Crippen molar-refractivity contribution in [3.8, 4) is 0 Å². The Hall–Kier alpha value is -2.87. The predicted molar refractivity (Wildman–Crippen MR) is 89.3 cm³/mol. The maximum atomic E-state index is 13.0. The minimum Gasteiger partial charge on any atom is -0.339 e. The van der Waals surface area contributed by atoms with Crippen molar-refractivity contribution in [3.05, 3.63) is 65.3 Å². The van der Waals surface area contributed by atoms with E-state index in [1.807, 2.05) is 0 Å². The van der Waals surface area contributed by atoms with Gasteiger partial charge in [0.25, 0.3) is 0 Å². The first-order valence-corrected chi connectivity index (χ1v) is 7.45. The van der Waals surface area contributed by atoms with Crippen molar-refractivity contribution in [1.82, 2.24) is 15.2 Å². The Morgan fingerprint density at radius 3 is 2.36 bits per heavy atom. The summed E-state index contributed by atoms with van der Waals surface area (Å²) in [4.78, 5) is 4.11. The van der Waals surface area contributed by atoms with Gasteiger partial charge in [0.1, 0.15) is 0 Å². The molecule has 128 valence electrons. The second-order valence-corrected chi connectivity index (χ2v) is 5.40. The fraction of sp³-hybridized carbons (Fsp3) is 0.0625. The molecule has 1 heterocycles. The minimum absolute atomic E-state index is 0.0596. The van der Waals surface area contributed by atoms with Gasteiger partial charge in [0.15, 0.2) is 5.82 Å². The lowest BCUT2D eigenvalue weighted by atomic mass is 10.1. The van der Waals surface area contributed by atoms with E-state index in [0.29, 0.717) is 16.5 Å². The Bertz CT molecular complexity index is 868. The van der Waals surface area contributed by atoms with E-state index in [-0.39, 0.29) is 11.6 Å². The van der Waals surface area contributed by atoms with Crippen LogP contribution >= 0.6 is 11.6 Å².